The Bertz CT molecular complexity index is 896. The van der Waals surface area contributed by atoms with E-state index in [9.17, 15) is 0 Å². The van der Waals surface area contributed by atoms with Gasteiger partial charge in [0, 0.05) is 26.7 Å². The van der Waals surface area contributed by atoms with Crippen molar-refractivity contribution < 1.29 is 4.74 Å². The molecule has 0 fully saturated rings. The third-order valence-electron chi connectivity index (χ3n) is 5.46. The predicted molar refractivity (Wildman–Crippen MR) is 125 cm³/mol. The summed E-state index contributed by atoms with van der Waals surface area (Å²) in [5.41, 5.74) is 3.03. The first-order chi connectivity index (χ1) is 12.4. The van der Waals surface area contributed by atoms with E-state index in [2.05, 4.69) is 122 Å². The van der Waals surface area contributed by atoms with Gasteiger partial charge in [0.05, 0.1) is 9.89 Å². The lowest BCUT2D eigenvalue weighted by atomic mass is 9.76. The van der Waals surface area contributed by atoms with Crippen LogP contribution in [-0.4, -0.2) is 16.7 Å². The summed E-state index contributed by atoms with van der Waals surface area (Å²) in [5, 5.41) is 0. The number of hydrogen-bond acceptors (Lipinski definition) is 2. The molecule has 2 aliphatic rings. The Morgan fingerprint density at radius 1 is 1.15 bits per heavy atom. The van der Waals surface area contributed by atoms with Gasteiger partial charge >= 0.3 is 0 Å². The van der Waals surface area contributed by atoms with E-state index in [1.165, 1.54) is 11.3 Å². The summed E-state index contributed by atoms with van der Waals surface area (Å²) in [6.07, 6.45) is 5.58. The summed E-state index contributed by atoms with van der Waals surface area (Å²) in [5.74, 6) is 0.913. The van der Waals surface area contributed by atoms with Crippen LogP contribution in [0.1, 0.15) is 31.4 Å². The van der Waals surface area contributed by atoms with Gasteiger partial charge in [-0.15, -0.1) is 0 Å². The summed E-state index contributed by atoms with van der Waals surface area (Å²) < 4.78 is 9.99. The average Bonchev–Trinajstić information content (AvgIpc) is 2.79. The second kappa shape index (κ2) is 6.82. The number of halogens is 3. The van der Waals surface area contributed by atoms with Crippen molar-refractivity contribution in [3.05, 3.63) is 62.5 Å². The van der Waals surface area contributed by atoms with Gasteiger partial charge in [0.2, 0.25) is 5.72 Å². The quantitative estimate of drug-likeness (QED) is 0.285. The number of rotatable bonds is 3. The Morgan fingerprint density at radius 2 is 1.92 bits per heavy atom. The molecular weight excluding hydrogens is 569 g/mol. The average molecular weight is 589 g/mol. The third-order valence-corrected chi connectivity index (χ3v) is 7.27. The summed E-state index contributed by atoms with van der Waals surface area (Å²) in [7, 11) is 0. The molecule has 0 radical (unpaired) electrons. The van der Waals surface area contributed by atoms with Crippen LogP contribution in [0.5, 0.6) is 5.75 Å². The van der Waals surface area contributed by atoms with Gasteiger partial charge in [-0.1, -0.05) is 56.7 Å². The van der Waals surface area contributed by atoms with Crippen molar-refractivity contribution in [2.45, 2.75) is 31.4 Å². The van der Waals surface area contributed by atoms with Crippen LogP contribution in [0.4, 0.5) is 5.69 Å². The molecule has 2 nitrogen and oxygen atoms in total. The fraction of sp³-hybridized carbons (Fsp3) is 0.333. The van der Waals surface area contributed by atoms with Crippen LogP contribution in [0.25, 0.3) is 6.08 Å². The molecule has 4 rings (SSSR count). The van der Waals surface area contributed by atoms with E-state index >= 15 is 0 Å². The topological polar surface area (TPSA) is 12.5 Å². The smallest absolute Gasteiger partial charge is 0.212 e. The molecule has 136 valence electrons. The molecule has 0 saturated heterocycles. The maximum absolute atomic E-state index is 6.84. The molecule has 0 aliphatic carbocycles. The van der Waals surface area contributed by atoms with E-state index in [-0.39, 0.29) is 5.41 Å². The molecule has 1 unspecified atom stereocenters. The number of anilines is 1. The van der Waals surface area contributed by atoms with Gasteiger partial charge in [-0.25, -0.2) is 0 Å². The molecule has 0 N–H and O–H groups in total. The summed E-state index contributed by atoms with van der Waals surface area (Å²) in [4.78, 5) is 2.45. The van der Waals surface area contributed by atoms with Crippen molar-refractivity contribution >= 4 is 66.2 Å². The first-order valence-electron chi connectivity index (χ1n) is 8.71. The Kier molecular flexibility index (Phi) is 4.93. The SMILES string of the molecule is CC1(C)c2ccccc2N(CCCI)C12C=Cc1cc(Br)cc(Br)c1O2. The van der Waals surface area contributed by atoms with Crippen LogP contribution >= 0.6 is 54.5 Å². The molecule has 2 heterocycles. The molecule has 26 heavy (non-hydrogen) atoms. The van der Waals surface area contributed by atoms with Crippen LogP contribution in [0.15, 0.2) is 51.4 Å². The van der Waals surface area contributed by atoms with Crippen LogP contribution in [0.2, 0.25) is 0 Å². The van der Waals surface area contributed by atoms with Gasteiger partial charge in [0.25, 0.3) is 0 Å². The van der Waals surface area contributed by atoms with E-state index < -0.39 is 5.72 Å². The molecule has 5 heteroatoms. The van der Waals surface area contributed by atoms with Crippen LogP contribution in [-0.2, 0) is 5.41 Å². The molecule has 0 bridgehead atoms. The minimum Gasteiger partial charge on any atom is -0.462 e. The summed E-state index contributed by atoms with van der Waals surface area (Å²) >= 11 is 9.73. The zero-order valence-corrected chi connectivity index (χ0v) is 20.1. The van der Waals surface area contributed by atoms with Crippen molar-refractivity contribution in [2.75, 3.05) is 15.9 Å². The zero-order valence-electron chi connectivity index (χ0n) is 14.7. The number of ether oxygens (including phenoxy) is 1. The fourth-order valence-electron chi connectivity index (χ4n) is 4.14. The summed E-state index contributed by atoms with van der Waals surface area (Å²) in [6.45, 7) is 5.55. The molecule has 2 aromatic carbocycles. The number of benzene rings is 2. The molecule has 2 aromatic rings. The minimum absolute atomic E-state index is 0.171. The Balaban J connectivity index is 1.89. The highest BCUT2D eigenvalue weighted by atomic mass is 127. The van der Waals surface area contributed by atoms with E-state index in [1.807, 2.05) is 0 Å². The maximum Gasteiger partial charge on any atom is 0.212 e. The highest BCUT2D eigenvalue weighted by Crippen LogP contribution is 2.55. The van der Waals surface area contributed by atoms with Crippen molar-refractivity contribution in [1.82, 2.24) is 0 Å². The maximum atomic E-state index is 6.84. The second-order valence-corrected chi connectivity index (χ2v) is 10.1. The van der Waals surface area contributed by atoms with E-state index in [4.69, 9.17) is 4.74 Å². The van der Waals surface area contributed by atoms with Crippen molar-refractivity contribution in [2.24, 2.45) is 0 Å². The number of alkyl halides is 1. The van der Waals surface area contributed by atoms with Gasteiger partial charge in [-0.05, 0) is 72.1 Å². The first kappa shape index (κ1) is 18.8. The molecule has 1 spiro atoms. The molecule has 0 aromatic heterocycles. The molecule has 1 atom stereocenters. The number of para-hydroxylation sites is 1. The largest absolute Gasteiger partial charge is 0.462 e. The summed E-state index contributed by atoms with van der Waals surface area (Å²) in [6, 6.07) is 12.9. The van der Waals surface area contributed by atoms with E-state index in [1.54, 1.807) is 0 Å². The lowest BCUT2D eigenvalue weighted by molar-refractivity contribution is 0.0528. The molecule has 0 saturated carbocycles. The minimum atomic E-state index is -0.522. The molecule has 2 aliphatic heterocycles. The Morgan fingerprint density at radius 3 is 2.69 bits per heavy atom. The lowest BCUT2D eigenvalue weighted by Gasteiger charge is -2.47. The van der Waals surface area contributed by atoms with Crippen LogP contribution in [0, 0.1) is 0 Å². The molecule has 0 amide bonds. The zero-order chi connectivity index (χ0) is 18.5. The van der Waals surface area contributed by atoms with Gasteiger partial charge in [-0.3, -0.25) is 0 Å². The van der Waals surface area contributed by atoms with Gasteiger partial charge in [0.1, 0.15) is 5.75 Å². The Hall–Kier alpha value is -0.530. The normalized spacial score (nSPS) is 22.3. The van der Waals surface area contributed by atoms with Gasteiger partial charge in [-0.2, -0.15) is 0 Å². The highest BCUT2D eigenvalue weighted by molar-refractivity contribution is 14.1. The Labute approximate surface area is 185 Å². The van der Waals surface area contributed by atoms with E-state index in [0.717, 1.165) is 37.7 Å². The predicted octanol–water partition coefficient (Wildman–Crippen LogP) is 6.94. The van der Waals surface area contributed by atoms with E-state index in [0.29, 0.717) is 0 Å². The van der Waals surface area contributed by atoms with Crippen molar-refractivity contribution in [3.63, 3.8) is 0 Å². The second-order valence-electron chi connectivity index (χ2n) is 7.27. The van der Waals surface area contributed by atoms with Gasteiger partial charge in [0.15, 0.2) is 0 Å². The first-order valence-corrected chi connectivity index (χ1v) is 11.8. The van der Waals surface area contributed by atoms with Gasteiger partial charge < -0.3 is 9.64 Å². The standard InChI is InChI=1S/C21H20Br2INO/c1-20(2)16-6-3-4-7-18(16)25(11-5-10-24)21(20)9-8-14-12-15(22)13-17(23)19(14)26-21/h3-4,6-9,12-13H,5,10-11H2,1-2H3. The number of nitrogens with zero attached hydrogens (tertiary/aromatic N) is 1. The number of fused-ring (bicyclic) bond motifs is 2. The van der Waals surface area contributed by atoms with Crippen LogP contribution in [0.3, 0.4) is 0 Å². The fourth-order valence-corrected chi connectivity index (χ4v) is 5.82. The number of hydrogen-bond donors (Lipinski definition) is 0. The third kappa shape index (κ3) is 2.68. The lowest BCUT2D eigenvalue weighted by Crippen LogP contribution is -2.59. The van der Waals surface area contributed by atoms with Crippen molar-refractivity contribution in [1.29, 1.82) is 0 Å². The van der Waals surface area contributed by atoms with Crippen LogP contribution < -0.4 is 9.64 Å². The monoisotopic (exact) mass is 587 g/mol. The highest BCUT2D eigenvalue weighted by Gasteiger charge is 2.58. The molecular formula is C21H20Br2INO. The van der Waals surface area contributed by atoms with Crippen molar-refractivity contribution in [3.8, 4) is 5.75 Å².